The predicted octanol–water partition coefficient (Wildman–Crippen LogP) is 2.14. The van der Waals surface area contributed by atoms with Crippen LogP contribution >= 0.6 is 0 Å². The Labute approximate surface area is 50.9 Å². The number of hydrogen-bond donors (Lipinski definition) is 0. The second-order valence-corrected chi connectivity index (χ2v) is 1.48. The summed E-state index contributed by atoms with van der Waals surface area (Å²) in [5.74, 6) is 2.42. The highest BCUT2D eigenvalue weighted by molar-refractivity contribution is 5.32. The zero-order chi connectivity index (χ0) is 6.41. The van der Waals surface area contributed by atoms with Crippen LogP contribution in [0.25, 0.3) is 0 Å². The van der Waals surface area contributed by atoms with Gasteiger partial charge in [0.1, 0.15) is 0 Å². The van der Waals surface area contributed by atoms with Crippen LogP contribution < -0.4 is 0 Å². The summed E-state index contributed by atoms with van der Waals surface area (Å²) >= 11 is 0. The summed E-state index contributed by atoms with van der Waals surface area (Å²) in [6.45, 7) is 5.64. The molecule has 0 aliphatic carbocycles. The molecular formula is C8H10. The van der Waals surface area contributed by atoms with Gasteiger partial charge in [-0.3, -0.25) is 0 Å². The Morgan fingerprint density at radius 2 is 2.50 bits per heavy atom. The standard InChI is InChI=1S/C8H10/c1-4-6-7-8(3)5-2/h2,6-7H,3-4H2,1H3. The van der Waals surface area contributed by atoms with E-state index < -0.39 is 0 Å². The van der Waals surface area contributed by atoms with E-state index in [1.54, 1.807) is 0 Å². The molecule has 42 valence electrons. The van der Waals surface area contributed by atoms with Crippen molar-refractivity contribution >= 4 is 0 Å². The van der Waals surface area contributed by atoms with Crippen molar-refractivity contribution in [3.8, 4) is 12.3 Å². The summed E-state index contributed by atoms with van der Waals surface area (Å²) in [5, 5.41) is 0. The minimum atomic E-state index is 0.742. The molecule has 0 spiro atoms. The topological polar surface area (TPSA) is 0 Å². The average molecular weight is 106 g/mol. The SMILES string of the molecule is C#CC(=C)C=CCC. The first-order valence-corrected chi connectivity index (χ1v) is 2.63. The van der Waals surface area contributed by atoms with Gasteiger partial charge in [-0.05, 0) is 6.42 Å². The van der Waals surface area contributed by atoms with Crippen molar-refractivity contribution in [3.05, 3.63) is 24.3 Å². The van der Waals surface area contributed by atoms with Crippen molar-refractivity contribution < 1.29 is 0 Å². The lowest BCUT2D eigenvalue weighted by Gasteiger charge is -1.79. The third-order valence-electron chi connectivity index (χ3n) is 0.740. The van der Waals surface area contributed by atoms with Crippen LogP contribution in [0, 0.1) is 12.3 Å². The second kappa shape index (κ2) is 4.21. The maximum absolute atomic E-state index is 5.01. The molecule has 0 N–H and O–H groups in total. The molecule has 0 aromatic carbocycles. The van der Waals surface area contributed by atoms with Gasteiger partial charge in [-0.25, -0.2) is 0 Å². The van der Waals surface area contributed by atoms with E-state index in [1.807, 2.05) is 12.2 Å². The van der Waals surface area contributed by atoms with Gasteiger partial charge in [-0.2, -0.15) is 0 Å². The molecule has 0 bridgehead atoms. The third-order valence-corrected chi connectivity index (χ3v) is 0.740. The predicted molar refractivity (Wildman–Crippen MR) is 37.4 cm³/mol. The van der Waals surface area contributed by atoms with Crippen LogP contribution in [0.5, 0.6) is 0 Å². The van der Waals surface area contributed by atoms with Gasteiger partial charge in [0, 0.05) is 5.57 Å². The van der Waals surface area contributed by atoms with E-state index in [-0.39, 0.29) is 0 Å². The molecule has 0 amide bonds. The summed E-state index contributed by atoms with van der Waals surface area (Å²) in [5.41, 5.74) is 0.742. The van der Waals surface area contributed by atoms with E-state index in [0.717, 1.165) is 12.0 Å². The summed E-state index contributed by atoms with van der Waals surface area (Å²) in [4.78, 5) is 0. The Morgan fingerprint density at radius 3 is 2.88 bits per heavy atom. The van der Waals surface area contributed by atoms with Gasteiger partial charge >= 0.3 is 0 Å². The molecule has 0 rings (SSSR count). The Bertz CT molecular complexity index is 133. The average Bonchev–Trinajstić information content (AvgIpc) is 1.83. The zero-order valence-corrected chi connectivity index (χ0v) is 5.15. The fourth-order valence-corrected chi connectivity index (χ4v) is 0.308. The van der Waals surface area contributed by atoms with Crippen LogP contribution in [0.4, 0.5) is 0 Å². The van der Waals surface area contributed by atoms with Gasteiger partial charge < -0.3 is 0 Å². The molecule has 0 unspecified atom stereocenters. The molecule has 0 heterocycles. The van der Waals surface area contributed by atoms with Gasteiger partial charge in [-0.1, -0.05) is 31.6 Å². The molecular weight excluding hydrogens is 96.1 g/mol. The summed E-state index contributed by atoms with van der Waals surface area (Å²) < 4.78 is 0. The highest BCUT2D eigenvalue weighted by atomic mass is 13.8. The Balaban J connectivity index is 3.58. The minimum absolute atomic E-state index is 0.742. The van der Waals surface area contributed by atoms with Crippen molar-refractivity contribution in [3.63, 3.8) is 0 Å². The van der Waals surface area contributed by atoms with E-state index in [1.165, 1.54) is 0 Å². The van der Waals surface area contributed by atoms with E-state index in [0.29, 0.717) is 0 Å². The third kappa shape index (κ3) is 3.24. The van der Waals surface area contributed by atoms with E-state index in [9.17, 15) is 0 Å². The fourth-order valence-electron chi connectivity index (χ4n) is 0.308. The molecule has 0 aliphatic heterocycles. The molecule has 0 atom stereocenters. The highest BCUT2D eigenvalue weighted by Crippen LogP contribution is 1.89. The van der Waals surface area contributed by atoms with E-state index in [2.05, 4.69) is 19.4 Å². The Morgan fingerprint density at radius 1 is 1.88 bits per heavy atom. The van der Waals surface area contributed by atoms with Crippen LogP contribution in [0.1, 0.15) is 13.3 Å². The van der Waals surface area contributed by atoms with E-state index >= 15 is 0 Å². The first-order valence-electron chi connectivity index (χ1n) is 2.63. The van der Waals surface area contributed by atoms with Crippen molar-refractivity contribution in [2.75, 3.05) is 0 Å². The van der Waals surface area contributed by atoms with Crippen molar-refractivity contribution in [2.24, 2.45) is 0 Å². The molecule has 0 saturated carbocycles. The van der Waals surface area contributed by atoms with Crippen LogP contribution in [0.15, 0.2) is 24.3 Å². The summed E-state index contributed by atoms with van der Waals surface area (Å²) in [6.07, 6.45) is 9.86. The lowest BCUT2D eigenvalue weighted by molar-refractivity contribution is 1.22. The van der Waals surface area contributed by atoms with Gasteiger partial charge in [0.05, 0.1) is 0 Å². The molecule has 8 heavy (non-hydrogen) atoms. The van der Waals surface area contributed by atoms with Crippen LogP contribution in [-0.4, -0.2) is 0 Å². The molecule has 0 nitrogen and oxygen atoms in total. The first kappa shape index (κ1) is 7.04. The molecule has 0 saturated heterocycles. The number of terminal acetylenes is 1. The number of allylic oxidation sites excluding steroid dienone is 3. The molecule has 0 aromatic rings. The van der Waals surface area contributed by atoms with Crippen LogP contribution in [0.3, 0.4) is 0 Å². The monoisotopic (exact) mass is 106 g/mol. The maximum atomic E-state index is 5.01. The molecule has 0 aromatic heterocycles. The highest BCUT2D eigenvalue weighted by Gasteiger charge is 1.72. The molecule has 0 aliphatic rings. The molecule has 0 heteroatoms. The van der Waals surface area contributed by atoms with Crippen LogP contribution in [0.2, 0.25) is 0 Å². The van der Waals surface area contributed by atoms with Crippen molar-refractivity contribution in [1.82, 2.24) is 0 Å². The second-order valence-electron chi connectivity index (χ2n) is 1.48. The zero-order valence-electron chi connectivity index (χ0n) is 5.15. The largest absolute Gasteiger partial charge is 0.115 e. The summed E-state index contributed by atoms with van der Waals surface area (Å²) in [6, 6.07) is 0. The Kier molecular flexibility index (Phi) is 3.70. The number of rotatable bonds is 2. The van der Waals surface area contributed by atoms with Gasteiger partial charge in [-0.15, -0.1) is 6.42 Å². The molecule has 0 radical (unpaired) electrons. The van der Waals surface area contributed by atoms with E-state index in [4.69, 9.17) is 6.42 Å². The van der Waals surface area contributed by atoms with Crippen molar-refractivity contribution in [1.29, 1.82) is 0 Å². The number of hydrogen-bond acceptors (Lipinski definition) is 0. The quantitative estimate of drug-likeness (QED) is 0.373. The lowest BCUT2D eigenvalue weighted by atomic mass is 10.3. The maximum Gasteiger partial charge on any atom is 0.0167 e. The normalized spacial score (nSPS) is 9.00. The lowest BCUT2D eigenvalue weighted by Crippen LogP contribution is -1.62. The first-order chi connectivity index (χ1) is 3.81. The Hall–Kier alpha value is -0.960. The van der Waals surface area contributed by atoms with Gasteiger partial charge in [0.2, 0.25) is 0 Å². The van der Waals surface area contributed by atoms with Crippen molar-refractivity contribution in [2.45, 2.75) is 13.3 Å². The molecule has 0 fully saturated rings. The minimum Gasteiger partial charge on any atom is -0.115 e. The van der Waals surface area contributed by atoms with Crippen LogP contribution in [-0.2, 0) is 0 Å². The van der Waals surface area contributed by atoms with Gasteiger partial charge in [0.15, 0.2) is 0 Å². The van der Waals surface area contributed by atoms with Gasteiger partial charge in [0.25, 0.3) is 0 Å². The smallest absolute Gasteiger partial charge is 0.0167 e. The summed E-state index contributed by atoms with van der Waals surface area (Å²) in [7, 11) is 0. The fraction of sp³-hybridized carbons (Fsp3) is 0.250.